The standard InChI is InChI=1S/C15H16N2O2S/c1-9-6-10(2)17-15(13(9)14(16)20)19-12-5-3-4-11(7-12)8-18/h3-7,18H,8H2,1-2H3,(H2,16,20). The molecule has 0 aliphatic rings. The number of aliphatic hydroxyl groups excluding tert-OH is 1. The predicted molar refractivity (Wildman–Crippen MR) is 82.0 cm³/mol. The van der Waals surface area contributed by atoms with Crippen LogP contribution in [0.5, 0.6) is 11.6 Å². The van der Waals surface area contributed by atoms with E-state index >= 15 is 0 Å². The van der Waals surface area contributed by atoms with E-state index in [0.29, 0.717) is 17.2 Å². The lowest BCUT2D eigenvalue weighted by Gasteiger charge is -2.13. The van der Waals surface area contributed by atoms with Gasteiger partial charge in [-0.1, -0.05) is 24.4 Å². The molecule has 1 heterocycles. The predicted octanol–water partition coefficient (Wildman–Crippen LogP) is 2.62. The highest BCUT2D eigenvalue weighted by Gasteiger charge is 2.13. The molecule has 1 aromatic heterocycles. The minimum absolute atomic E-state index is 0.0420. The number of aryl methyl sites for hydroxylation is 2. The van der Waals surface area contributed by atoms with E-state index < -0.39 is 0 Å². The molecular weight excluding hydrogens is 272 g/mol. The maximum atomic E-state index is 9.15. The molecule has 5 heteroatoms. The Morgan fingerprint density at radius 2 is 2.10 bits per heavy atom. The maximum absolute atomic E-state index is 9.15. The number of benzene rings is 1. The van der Waals surface area contributed by atoms with Gasteiger partial charge in [0.1, 0.15) is 10.7 Å². The number of aliphatic hydroxyl groups is 1. The SMILES string of the molecule is Cc1cc(C)c(C(N)=S)c(Oc2cccc(CO)c2)n1. The summed E-state index contributed by atoms with van der Waals surface area (Å²) in [6.07, 6.45) is 0. The van der Waals surface area contributed by atoms with Crippen molar-refractivity contribution in [3.63, 3.8) is 0 Å². The Bertz CT molecular complexity index is 656. The van der Waals surface area contributed by atoms with Gasteiger partial charge >= 0.3 is 0 Å². The number of rotatable bonds is 4. The van der Waals surface area contributed by atoms with Gasteiger partial charge in [0.25, 0.3) is 0 Å². The number of thiocarbonyl (C=S) groups is 1. The van der Waals surface area contributed by atoms with Crippen molar-refractivity contribution in [3.05, 3.63) is 52.7 Å². The summed E-state index contributed by atoms with van der Waals surface area (Å²) >= 11 is 5.06. The molecule has 1 aromatic carbocycles. The smallest absolute Gasteiger partial charge is 0.229 e. The number of pyridine rings is 1. The third-order valence-corrected chi connectivity index (χ3v) is 3.06. The number of hydrogen-bond donors (Lipinski definition) is 2. The average Bonchev–Trinajstić information content (AvgIpc) is 2.37. The molecule has 0 atom stereocenters. The number of nitrogens with two attached hydrogens (primary N) is 1. The lowest BCUT2D eigenvalue weighted by atomic mass is 10.1. The van der Waals surface area contributed by atoms with Gasteiger partial charge in [0, 0.05) is 5.69 Å². The van der Waals surface area contributed by atoms with Crippen LogP contribution in [0.2, 0.25) is 0 Å². The van der Waals surface area contributed by atoms with Crippen LogP contribution in [0.4, 0.5) is 0 Å². The van der Waals surface area contributed by atoms with Crippen molar-refractivity contribution >= 4 is 17.2 Å². The van der Waals surface area contributed by atoms with Gasteiger partial charge in [0.2, 0.25) is 5.88 Å². The molecule has 104 valence electrons. The van der Waals surface area contributed by atoms with Gasteiger partial charge < -0.3 is 15.6 Å². The van der Waals surface area contributed by atoms with Crippen LogP contribution in [0.1, 0.15) is 22.4 Å². The lowest BCUT2D eigenvalue weighted by Crippen LogP contribution is -2.14. The van der Waals surface area contributed by atoms with Gasteiger partial charge in [-0.15, -0.1) is 0 Å². The van der Waals surface area contributed by atoms with E-state index in [1.54, 1.807) is 12.1 Å². The molecule has 0 aliphatic carbocycles. The van der Waals surface area contributed by atoms with Crippen LogP contribution in [-0.4, -0.2) is 15.1 Å². The zero-order valence-electron chi connectivity index (χ0n) is 11.4. The van der Waals surface area contributed by atoms with Gasteiger partial charge in [-0.2, -0.15) is 0 Å². The monoisotopic (exact) mass is 288 g/mol. The largest absolute Gasteiger partial charge is 0.438 e. The van der Waals surface area contributed by atoms with Gasteiger partial charge in [-0.3, -0.25) is 0 Å². The minimum Gasteiger partial charge on any atom is -0.438 e. The van der Waals surface area contributed by atoms with Crippen molar-refractivity contribution in [1.29, 1.82) is 0 Å². The highest BCUT2D eigenvalue weighted by molar-refractivity contribution is 7.80. The molecule has 2 aromatic rings. The third kappa shape index (κ3) is 3.12. The van der Waals surface area contributed by atoms with Gasteiger partial charge in [0.15, 0.2) is 0 Å². The molecule has 20 heavy (non-hydrogen) atoms. The molecule has 0 spiro atoms. The molecular formula is C15H16N2O2S. The highest BCUT2D eigenvalue weighted by atomic mass is 32.1. The summed E-state index contributed by atoms with van der Waals surface area (Å²) in [6.45, 7) is 3.76. The van der Waals surface area contributed by atoms with E-state index in [9.17, 15) is 0 Å². The van der Waals surface area contributed by atoms with E-state index in [1.165, 1.54) is 0 Å². The summed E-state index contributed by atoms with van der Waals surface area (Å²) < 4.78 is 5.79. The number of ether oxygens (including phenoxy) is 1. The van der Waals surface area contributed by atoms with Crippen molar-refractivity contribution in [2.24, 2.45) is 5.73 Å². The summed E-state index contributed by atoms with van der Waals surface area (Å²) in [4.78, 5) is 4.61. The Hall–Kier alpha value is -1.98. The van der Waals surface area contributed by atoms with Crippen LogP contribution in [0.3, 0.4) is 0 Å². The number of aromatic nitrogens is 1. The molecule has 0 amide bonds. The highest BCUT2D eigenvalue weighted by Crippen LogP contribution is 2.27. The number of hydrogen-bond acceptors (Lipinski definition) is 4. The van der Waals surface area contributed by atoms with Crippen molar-refractivity contribution in [3.8, 4) is 11.6 Å². The van der Waals surface area contributed by atoms with Crippen molar-refractivity contribution in [1.82, 2.24) is 4.98 Å². The molecule has 3 N–H and O–H groups in total. The van der Waals surface area contributed by atoms with Crippen molar-refractivity contribution < 1.29 is 9.84 Å². The van der Waals surface area contributed by atoms with Crippen LogP contribution in [-0.2, 0) is 6.61 Å². The summed E-state index contributed by atoms with van der Waals surface area (Å²) in [5.74, 6) is 0.983. The Balaban J connectivity index is 2.44. The summed E-state index contributed by atoms with van der Waals surface area (Å²) in [5, 5.41) is 9.15. The van der Waals surface area contributed by atoms with Crippen LogP contribution in [0.15, 0.2) is 30.3 Å². The number of nitrogens with zero attached hydrogens (tertiary/aromatic N) is 1. The molecule has 0 radical (unpaired) electrons. The average molecular weight is 288 g/mol. The summed E-state index contributed by atoms with van der Waals surface area (Å²) in [5.41, 5.74) is 8.91. The summed E-state index contributed by atoms with van der Waals surface area (Å²) in [6, 6.07) is 9.08. The first kappa shape index (κ1) is 14.4. The molecule has 4 nitrogen and oxygen atoms in total. The maximum Gasteiger partial charge on any atom is 0.229 e. The van der Waals surface area contributed by atoms with E-state index in [4.69, 9.17) is 27.8 Å². The Kier molecular flexibility index (Phi) is 4.32. The zero-order valence-corrected chi connectivity index (χ0v) is 12.2. The topological polar surface area (TPSA) is 68.4 Å². The molecule has 2 rings (SSSR count). The quantitative estimate of drug-likeness (QED) is 0.846. The lowest BCUT2D eigenvalue weighted by molar-refractivity contribution is 0.281. The molecule has 0 unspecified atom stereocenters. The first-order valence-corrected chi connectivity index (χ1v) is 6.58. The van der Waals surface area contributed by atoms with Gasteiger partial charge in [0.05, 0.1) is 12.2 Å². The third-order valence-electron chi connectivity index (χ3n) is 2.85. The zero-order chi connectivity index (χ0) is 14.7. The van der Waals surface area contributed by atoms with Crippen molar-refractivity contribution in [2.75, 3.05) is 0 Å². The fourth-order valence-corrected chi connectivity index (χ4v) is 2.24. The molecule has 0 saturated heterocycles. The Morgan fingerprint density at radius 3 is 2.75 bits per heavy atom. The van der Waals surface area contributed by atoms with Crippen LogP contribution >= 0.6 is 12.2 Å². The first-order valence-electron chi connectivity index (χ1n) is 6.17. The fourth-order valence-electron chi connectivity index (χ4n) is 2.00. The Morgan fingerprint density at radius 1 is 1.35 bits per heavy atom. The second-order valence-electron chi connectivity index (χ2n) is 4.53. The van der Waals surface area contributed by atoms with Gasteiger partial charge in [-0.05, 0) is 43.2 Å². The summed E-state index contributed by atoms with van der Waals surface area (Å²) in [7, 11) is 0. The van der Waals surface area contributed by atoms with E-state index in [2.05, 4.69) is 4.98 Å². The van der Waals surface area contributed by atoms with Crippen LogP contribution in [0.25, 0.3) is 0 Å². The van der Waals surface area contributed by atoms with E-state index in [0.717, 1.165) is 16.8 Å². The van der Waals surface area contributed by atoms with E-state index in [-0.39, 0.29) is 11.6 Å². The Labute approximate surface area is 123 Å². The van der Waals surface area contributed by atoms with Gasteiger partial charge in [-0.25, -0.2) is 4.98 Å². The normalized spacial score (nSPS) is 10.3. The first-order chi connectivity index (χ1) is 9.51. The molecule has 0 fully saturated rings. The molecule has 0 saturated carbocycles. The molecule has 0 bridgehead atoms. The molecule has 0 aliphatic heterocycles. The van der Waals surface area contributed by atoms with Crippen LogP contribution in [0, 0.1) is 13.8 Å². The van der Waals surface area contributed by atoms with Crippen molar-refractivity contribution in [2.45, 2.75) is 20.5 Å². The van der Waals surface area contributed by atoms with E-state index in [1.807, 2.05) is 32.0 Å². The van der Waals surface area contributed by atoms with Crippen LogP contribution < -0.4 is 10.5 Å². The second-order valence-corrected chi connectivity index (χ2v) is 4.97. The second kappa shape index (κ2) is 5.98. The minimum atomic E-state index is -0.0420. The fraction of sp³-hybridized carbons (Fsp3) is 0.200.